The van der Waals surface area contributed by atoms with Gasteiger partial charge in [-0.15, -0.1) is 0 Å². The van der Waals surface area contributed by atoms with E-state index in [9.17, 15) is 14.0 Å². The number of benzene rings is 3. The van der Waals surface area contributed by atoms with Crippen LogP contribution in [-0.4, -0.2) is 25.8 Å². The molecule has 192 valence electrons. The van der Waals surface area contributed by atoms with Crippen molar-refractivity contribution in [2.45, 2.75) is 45.5 Å². The van der Waals surface area contributed by atoms with Crippen LogP contribution in [0.4, 0.5) is 15.8 Å². The van der Waals surface area contributed by atoms with Crippen molar-refractivity contribution in [2.75, 3.05) is 23.9 Å². The second kappa shape index (κ2) is 12.0. The van der Waals surface area contributed by atoms with E-state index in [1.165, 1.54) is 36.1 Å². The first kappa shape index (κ1) is 24.9. The van der Waals surface area contributed by atoms with Crippen molar-refractivity contribution in [3.05, 3.63) is 89.8 Å². The van der Waals surface area contributed by atoms with Crippen molar-refractivity contribution in [3.63, 3.8) is 0 Å². The van der Waals surface area contributed by atoms with Gasteiger partial charge in [0.05, 0.1) is 7.89 Å². The fourth-order valence-corrected chi connectivity index (χ4v) is 4.72. The van der Waals surface area contributed by atoms with Crippen molar-refractivity contribution in [3.8, 4) is 11.1 Å². The molecule has 4 nitrogen and oxygen atoms in total. The number of halogens is 1. The highest BCUT2D eigenvalue weighted by molar-refractivity contribution is 5.96. The lowest BCUT2D eigenvalue weighted by Crippen LogP contribution is -2.36. The van der Waals surface area contributed by atoms with Crippen molar-refractivity contribution in [2.24, 2.45) is 5.92 Å². The van der Waals surface area contributed by atoms with Gasteiger partial charge in [0.2, 0.25) is 5.91 Å². The molecule has 3 aromatic rings. The summed E-state index contributed by atoms with van der Waals surface area (Å²) in [5, 5.41) is 0. The Labute approximate surface area is 220 Å². The molecule has 37 heavy (non-hydrogen) atoms. The van der Waals surface area contributed by atoms with Gasteiger partial charge in [0.1, 0.15) is 5.82 Å². The molecule has 4 rings (SSSR count). The van der Waals surface area contributed by atoms with E-state index in [1.807, 2.05) is 43.3 Å². The maximum atomic E-state index is 14.7. The first-order chi connectivity index (χ1) is 18.2. The van der Waals surface area contributed by atoms with Gasteiger partial charge in [-0.3, -0.25) is 9.59 Å². The first-order valence-corrected chi connectivity index (χ1v) is 12.8. The maximum absolute atomic E-state index is 14.7. The third-order valence-electron chi connectivity index (χ3n) is 6.79. The topological polar surface area (TPSA) is 40.6 Å². The Morgan fingerprint density at radius 3 is 2.14 bits per heavy atom. The van der Waals surface area contributed by atoms with E-state index in [0.29, 0.717) is 16.8 Å². The number of ketones is 1. The van der Waals surface area contributed by atoms with Gasteiger partial charge in [-0.05, 0) is 78.4 Å². The molecule has 0 spiro atoms. The van der Waals surface area contributed by atoms with E-state index in [0.717, 1.165) is 48.9 Å². The van der Waals surface area contributed by atoms with E-state index < -0.39 is 12.3 Å². The number of carbonyl (C=O) groups excluding carboxylic acids is 2. The lowest BCUT2D eigenvalue weighted by Gasteiger charge is -2.30. The molecule has 1 unspecified atom stereocenters. The quantitative estimate of drug-likeness (QED) is 0.306. The lowest BCUT2D eigenvalue weighted by atomic mass is 9.88. The molecule has 1 atom stereocenters. The first-order valence-electron chi connectivity index (χ1n) is 13.4. The maximum Gasteiger partial charge on any atom is 0.230 e. The third-order valence-corrected chi connectivity index (χ3v) is 6.79. The van der Waals surface area contributed by atoms with Gasteiger partial charge in [-0.1, -0.05) is 61.7 Å². The van der Waals surface area contributed by atoms with Crippen molar-refractivity contribution < 1.29 is 15.4 Å². The van der Waals surface area contributed by atoms with Gasteiger partial charge < -0.3 is 9.80 Å². The fraction of sp³-hybridized carbons (Fsp3) is 0.312. The summed E-state index contributed by atoms with van der Waals surface area (Å²) in [6, 6.07) is 20.2. The van der Waals surface area contributed by atoms with E-state index >= 15 is 0 Å². The minimum atomic E-state index is -1.04. The van der Waals surface area contributed by atoms with Gasteiger partial charge in [0.25, 0.3) is 0 Å². The van der Waals surface area contributed by atoms with Crippen molar-refractivity contribution in [1.82, 2.24) is 0 Å². The molecule has 1 fully saturated rings. The van der Waals surface area contributed by atoms with Crippen molar-refractivity contribution >= 4 is 29.1 Å². The van der Waals surface area contributed by atoms with Crippen LogP contribution >= 0.6 is 0 Å². The van der Waals surface area contributed by atoms with Crippen LogP contribution in [0.15, 0.2) is 72.8 Å². The Morgan fingerprint density at radius 1 is 0.919 bits per heavy atom. The van der Waals surface area contributed by atoms with Gasteiger partial charge >= 0.3 is 0 Å². The summed E-state index contributed by atoms with van der Waals surface area (Å²) >= 11 is 0. The zero-order valence-corrected chi connectivity index (χ0v) is 21.8. The smallest absolute Gasteiger partial charge is 0.230 e. The van der Waals surface area contributed by atoms with Crippen molar-refractivity contribution in [1.29, 1.82) is 0 Å². The average Bonchev–Trinajstić information content (AvgIpc) is 2.92. The molecule has 1 saturated carbocycles. The Balaban J connectivity index is 1.67. The second-order valence-electron chi connectivity index (χ2n) is 9.92. The molecule has 0 saturated heterocycles. The number of anilines is 2. The average molecular weight is 500 g/mol. The molecule has 0 bridgehead atoms. The monoisotopic (exact) mass is 499 g/mol. The second-order valence-corrected chi connectivity index (χ2v) is 9.92. The highest BCUT2D eigenvalue weighted by Gasteiger charge is 2.27. The predicted octanol–water partition coefficient (Wildman–Crippen LogP) is 7.27. The molecule has 1 amide bonds. The lowest BCUT2D eigenvalue weighted by molar-refractivity contribution is -0.123. The van der Waals surface area contributed by atoms with Crippen LogP contribution in [0.2, 0.25) is 0 Å². The molecule has 5 heteroatoms. The van der Waals surface area contributed by atoms with Crippen LogP contribution in [0.25, 0.3) is 17.2 Å². The minimum absolute atomic E-state index is 0.152. The van der Waals surface area contributed by atoms with Crippen LogP contribution in [-0.2, 0) is 16.1 Å². The molecular formula is C32H35FN2O2. The Bertz CT molecular complexity index is 1300. The summed E-state index contributed by atoms with van der Waals surface area (Å²) in [4.78, 5) is 28.7. The summed E-state index contributed by atoms with van der Waals surface area (Å²) in [5.41, 5.74) is 4.63. The minimum Gasteiger partial charge on any atom is -0.378 e. The van der Waals surface area contributed by atoms with Gasteiger partial charge in [0, 0.05) is 31.4 Å². The number of allylic oxidation sites excluding steroid dienone is 1. The molecule has 3 aromatic carbocycles. The standard InChI is InChI=1S/C32H35FN2O2/c1-23(36)9-10-25-19-29(33)21-31(20-25)35(32(37)28-7-5-4-6-8-28)22-24-11-13-26(14-12-24)27-15-17-30(18-16-27)34(2)3/h9-21,28H,4-8,22H2,1-3H3/b10-9+/i22D. The molecule has 0 radical (unpaired) electrons. The zero-order chi connectivity index (χ0) is 27.2. The largest absolute Gasteiger partial charge is 0.378 e. The van der Waals surface area contributed by atoms with E-state index in [2.05, 4.69) is 24.3 Å². The molecule has 1 aliphatic carbocycles. The predicted molar refractivity (Wildman–Crippen MR) is 150 cm³/mol. The Morgan fingerprint density at radius 2 is 1.54 bits per heavy atom. The summed E-state index contributed by atoms with van der Waals surface area (Å²) in [7, 11) is 4.00. The van der Waals surface area contributed by atoms with E-state index in [-0.39, 0.29) is 17.6 Å². The summed E-state index contributed by atoms with van der Waals surface area (Å²) in [6.45, 7) is 0.386. The van der Waals surface area contributed by atoms with Crippen LogP contribution in [0.5, 0.6) is 0 Å². The third kappa shape index (κ3) is 6.94. The Kier molecular flexibility index (Phi) is 8.09. The number of rotatable bonds is 8. The molecule has 1 aliphatic rings. The van der Waals surface area contributed by atoms with Gasteiger partial charge in [-0.2, -0.15) is 0 Å². The molecular weight excluding hydrogens is 463 g/mol. The van der Waals surface area contributed by atoms with Gasteiger partial charge in [-0.25, -0.2) is 4.39 Å². The SMILES string of the molecule is [2H]C(c1ccc(-c2ccc(N(C)C)cc2)cc1)N(C(=O)C1CCCCC1)c1cc(F)cc(/C=C/C(C)=O)c1. The molecule has 0 heterocycles. The normalized spacial score (nSPS) is 15.3. The van der Waals surface area contributed by atoms with E-state index in [1.54, 1.807) is 6.07 Å². The summed E-state index contributed by atoms with van der Waals surface area (Å²) < 4.78 is 23.8. The number of nitrogens with zero attached hydrogens (tertiary/aromatic N) is 2. The van der Waals surface area contributed by atoms with E-state index in [4.69, 9.17) is 1.37 Å². The van der Waals surface area contributed by atoms with Crippen LogP contribution < -0.4 is 9.80 Å². The molecule has 0 aliphatic heterocycles. The Hall–Kier alpha value is -3.73. The summed E-state index contributed by atoms with van der Waals surface area (Å²) in [5.74, 6) is -1.01. The zero-order valence-electron chi connectivity index (χ0n) is 22.8. The highest BCUT2D eigenvalue weighted by atomic mass is 19.1. The fourth-order valence-electron chi connectivity index (χ4n) is 4.72. The number of hydrogen-bond donors (Lipinski definition) is 0. The van der Waals surface area contributed by atoms with Crippen LogP contribution in [0.3, 0.4) is 0 Å². The number of hydrogen-bond acceptors (Lipinski definition) is 3. The molecule has 0 aromatic heterocycles. The molecule has 0 N–H and O–H groups in total. The van der Waals surface area contributed by atoms with Gasteiger partial charge in [0.15, 0.2) is 5.78 Å². The number of amides is 1. The summed E-state index contributed by atoms with van der Waals surface area (Å²) in [6.07, 6.45) is 7.51. The number of carbonyl (C=O) groups is 2. The highest BCUT2D eigenvalue weighted by Crippen LogP contribution is 2.30. The van der Waals surface area contributed by atoms with Crippen LogP contribution in [0.1, 0.15) is 51.5 Å². The van der Waals surface area contributed by atoms with Crippen LogP contribution in [0, 0.1) is 11.7 Å².